The van der Waals surface area contributed by atoms with Crippen LogP contribution >= 0.6 is 23.1 Å². The Balaban J connectivity index is 1.45. The molecule has 5 rings (SSSR count). The summed E-state index contributed by atoms with van der Waals surface area (Å²) in [6.07, 6.45) is 8.22. The van der Waals surface area contributed by atoms with Crippen molar-refractivity contribution in [1.82, 2.24) is 20.6 Å². The number of rotatable bonds is 5. The van der Waals surface area contributed by atoms with E-state index >= 15 is 0 Å². The summed E-state index contributed by atoms with van der Waals surface area (Å²) in [5, 5.41) is 9.52. The zero-order chi connectivity index (χ0) is 19.6. The second-order valence-corrected chi connectivity index (χ2v) is 8.78. The average molecular weight is 427 g/mol. The van der Waals surface area contributed by atoms with Crippen LogP contribution in [0.1, 0.15) is 36.8 Å². The number of aromatic nitrogens is 2. The number of amides is 1. The van der Waals surface area contributed by atoms with E-state index in [1.54, 1.807) is 23.0 Å². The van der Waals surface area contributed by atoms with E-state index in [9.17, 15) is 4.79 Å². The van der Waals surface area contributed by atoms with Crippen molar-refractivity contribution in [2.45, 2.75) is 29.6 Å². The van der Waals surface area contributed by atoms with E-state index in [-0.39, 0.29) is 17.7 Å². The van der Waals surface area contributed by atoms with Crippen molar-refractivity contribution in [3.8, 4) is 0 Å². The molecule has 0 aromatic carbocycles. The number of nitrogens with zero attached hydrogens (tertiary/aromatic N) is 3. The predicted octanol–water partition coefficient (Wildman–Crippen LogP) is 4.43. The summed E-state index contributed by atoms with van der Waals surface area (Å²) in [6, 6.07) is 7.34. The van der Waals surface area contributed by atoms with Crippen molar-refractivity contribution in [2.24, 2.45) is 0 Å². The maximum atomic E-state index is 13.1. The Bertz CT molecular complexity index is 1040. The number of carbonyl (C=O) groups is 1. The molecule has 1 amide bonds. The van der Waals surface area contributed by atoms with Gasteiger partial charge in [0.1, 0.15) is 23.1 Å². The Hall–Kier alpha value is -2.78. The van der Waals surface area contributed by atoms with Crippen molar-refractivity contribution in [3.05, 3.63) is 70.7 Å². The normalized spacial score (nSPS) is 20.2. The van der Waals surface area contributed by atoms with Crippen LogP contribution in [0.3, 0.4) is 0 Å². The Morgan fingerprint density at radius 3 is 2.97 bits per heavy atom. The van der Waals surface area contributed by atoms with Crippen LogP contribution in [0.25, 0.3) is 6.08 Å². The van der Waals surface area contributed by atoms with Gasteiger partial charge in [0.2, 0.25) is 0 Å². The lowest BCUT2D eigenvalue weighted by molar-refractivity contribution is -0.132. The number of thioether (sulfide) groups is 1. The van der Waals surface area contributed by atoms with E-state index in [0.717, 1.165) is 46.4 Å². The number of hydrogen-bond donors (Lipinski definition) is 1. The summed E-state index contributed by atoms with van der Waals surface area (Å²) >= 11 is 2.82. The first kappa shape index (κ1) is 18.3. The van der Waals surface area contributed by atoms with Gasteiger partial charge in [-0.15, -0.1) is 10.2 Å². The molecule has 0 fully saturated rings. The van der Waals surface area contributed by atoms with E-state index in [0.29, 0.717) is 0 Å². The largest absolute Gasteiger partial charge is 0.467 e. The first-order valence-electron chi connectivity index (χ1n) is 9.28. The highest BCUT2D eigenvalue weighted by molar-refractivity contribution is 8.01. The topological polar surface area (TPSA) is 84.4 Å². The van der Waals surface area contributed by atoms with Crippen molar-refractivity contribution in [1.29, 1.82) is 0 Å². The summed E-state index contributed by atoms with van der Waals surface area (Å²) < 4.78 is 12.0. The van der Waals surface area contributed by atoms with Crippen LogP contribution in [0.5, 0.6) is 0 Å². The summed E-state index contributed by atoms with van der Waals surface area (Å²) in [5.41, 5.74) is 8.36. The van der Waals surface area contributed by atoms with Gasteiger partial charge in [0, 0.05) is 0 Å². The standard InChI is InChI=1S/C20H18N4O3S2/c25-17(11-28-20-22-21-12-29-20)24-19(16-7-3-9-27-16)15-6-1-4-13(18(15)23-24)10-14-5-2-8-26-14/h2-3,5,7-10,12,19,23H,1,4,6,11H2/b13-10+/t19-/m1/s1. The van der Waals surface area contributed by atoms with Gasteiger partial charge in [-0.25, -0.2) is 5.01 Å². The summed E-state index contributed by atoms with van der Waals surface area (Å²) in [5.74, 6) is 1.81. The number of nitrogens with one attached hydrogen (secondary N) is 1. The maximum absolute atomic E-state index is 13.1. The third-order valence-corrected chi connectivity index (χ3v) is 6.80. The maximum Gasteiger partial charge on any atom is 0.252 e. The van der Waals surface area contributed by atoms with Crippen molar-refractivity contribution < 1.29 is 13.6 Å². The molecule has 4 heterocycles. The van der Waals surface area contributed by atoms with Gasteiger partial charge in [-0.1, -0.05) is 23.1 Å². The fourth-order valence-corrected chi connectivity index (χ4v) is 5.09. The van der Waals surface area contributed by atoms with Gasteiger partial charge in [-0.05, 0) is 60.8 Å². The molecule has 0 spiro atoms. The highest BCUT2D eigenvalue weighted by atomic mass is 32.2. The minimum absolute atomic E-state index is 0.0293. The zero-order valence-electron chi connectivity index (χ0n) is 15.4. The monoisotopic (exact) mass is 426 g/mol. The minimum Gasteiger partial charge on any atom is -0.467 e. The van der Waals surface area contributed by atoms with E-state index in [1.807, 2.05) is 30.3 Å². The van der Waals surface area contributed by atoms with Crippen molar-refractivity contribution in [2.75, 3.05) is 5.75 Å². The van der Waals surface area contributed by atoms with Gasteiger partial charge < -0.3 is 8.83 Å². The minimum atomic E-state index is -0.247. The fourth-order valence-electron chi connectivity index (χ4n) is 3.74. The van der Waals surface area contributed by atoms with Crippen molar-refractivity contribution in [3.63, 3.8) is 0 Å². The van der Waals surface area contributed by atoms with Gasteiger partial charge in [0.05, 0.1) is 24.0 Å². The van der Waals surface area contributed by atoms with E-state index in [2.05, 4.69) is 15.6 Å². The molecule has 1 aliphatic carbocycles. The molecule has 9 heteroatoms. The van der Waals surface area contributed by atoms with Crippen LogP contribution in [0.15, 0.2) is 72.3 Å². The molecule has 148 valence electrons. The SMILES string of the molecule is O=C(CSc1nncs1)N1NC2=C(CCC/C2=C\c2ccco2)[C@@H]1c1ccco1. The summed E-state index contributed by atoms with van der Waals surface area (Å²) in [6.45, 7) is 0. The van der Waals surface area contributed by atoms with Crippen LogP contribution in [0, 0.1) is 0 Å². The molecule has 1 atom stereocenters. The molecule has 0 saturated carbocycles. The van der Waals surface area contributed by atoms with Crippen LogP contribution in [0.2, 0.25) is 0 Å². The first-order valence-corrected chi connectivity index (χ1v) is 11.1. The summed E-state index contributed by atoms with van der Waals surface area (Å²) in [4.78, 5) is 13.1. The van der Waals surface area contributed by atoms with Crippen molar-refractivity contribution >= 4 is 35.1 Å². The average Bonchev–Trinajstić information content (AvgIpc) is 3.53. The van der Waals surface area contributed by atoms with E-state index in [1.165, 1.54) is 28.7 Å². The smallest absolute Gasteiger partial charge is 0.252 e. The van der Waals surface area contributed by atoms with Gasteiger partial charge in [0.25, 0.3) is 5.91 Å². The molecule has 0 saturated heterocycles. The Morgan fingerprint density at radius 2 is 2.21 bits per heavy atom. The molecular weight excluding hydrogens is 408 g/mol. The highest BCUT2D eigenvalue weighted by Crippen LogP contribution is 2.44. The van der Waals surface area contributed by atoms with Gasteiger partial charge in [-0.2, -0.15) is 0 Å². The highest BCUT2D eigenvalue weighted by Gasteiger charge is 2.40. The molecule has 3 aromatic heterocycles. The molecule has 1 aliphatic heterocycles. The third-order valence-electron chi connectivity index (χ3n) is 4.96. The van der Waals surface area contributed by atoms with E-state index in [4.69, 9.17) is 8.83 Å². The van der Waals surface area contributed by atoms with Gasteiger partial charge in [-0.3, -0.25) is 10.2 Å². The number of hydrazine groups is 1. The Kier molecular flexibility index (Phi) is 4.99. The number of allylic oxidation sites excluding steroid dienone is 1. The Morgan fingerprint density at radius 1 is 1.31 bits per heavy atom. The number of carbonyl (C=O) groups excluding carboxylic acids is 1. The van der Waals surface area contributed by atoms with Crippen LogP contribution in [-0.4, -0.2) is 26.9 Å². The summed E-state index contributed by atoms with van der Waals surface area (Å²) in [7, 11) is 0. The molecule has 2 aliphatic rings. The molecular formula is C20H18N4O3S2. The molecule has 7 nitrogen and oxygen atoms in total. The third kappa shape index (κ3) is 3.63. The Labute approximate surface area is 175 Å². The molecule has 1 N–H and O–H groups in total. The molecule has 3 aromatic rings. The number of hydrogen-bond acceptors (Lipinski definition) is 8. The molecule has 29 heavy (non-hydrogen) atoms. The second kappa shape index (κ2) is 7.92. The lowest BCUT2D eigenvalue weighted by atomic mass is 9.88. The molecule has 0 bridgehead atoms. The van der Waals surface area contributed by atoms with Crippen LogP contribution in [-0.2, 0) is 4.79 Å². The molecule has 0 unspecified atom stereocenters. The number of furan rings is 2. The predicted molar refractivity (Wildman–Crippen MR) is 110 cm³/mol. The quantitative estimate of drug-likeness (QED) is 0.604. The fraction of sp³-hybridized carbons (Fsp3) is 0.250. The first-order chi connectivity index (χ1) is 14.3. The van der Waals surface area contributed by atoms with Gasteiger partial charge >= 0.3 is 0 Å². The van der Waals surface area contributed by atoms with E-state index < -0.39 is 0 Å². The lowest BCUT2D eigenvalue weighted by Crippen LogP contribution is -2.41. The molecule has 0 radical (unpaired) electrons. The zero-order valence-corrected chi connectivity index (χ0v) is 17.0. The van der Waals surface area contributed by atoms with Crippen LogP contribution in [0.4, 0.5) is 0 Å². The lowest BCUT2D eigenvalue weighted by Gasteiger charge is -2.24. The second-order valence-electron chi connectivity index (χ2n) is 6.73. The van der Waals surface area contributed by atoms with Crippen LogP contribution < -0.4 is 5.43 Å². The van der Waals surface area contributed by atoms with Gasteiger partial charge in [0.15, 0.2) is 4.34 Å².